The fourth-order valence-electron chi connectivity index (χ4n) is 2.12. The molecule has 1 amide bonds. The molecule has 1 heterocycles. The Morgan fingerprint density at radius 3 is 2.45 bits per heavy atom. The number of hydrogen-bond acceptors (Lipinski definition) is 4. The number of aryl methyl sites for hydroxylation is 1. The molecule has 0 saturated heterocycles. The van der Waals surface area contributed by atoms with E-state index in [1.54, 1.807) is 17.2 Å². The second-order valence-corrected chi connectivity index (χ2v) is 5.08. The second-order valence-electron chi connectivity index (χ2n) is 5.08. The Bertz CT molecular complexity index is 621. The number of aromatic nitrogens is 2. The molecule has 0 saturated carbocycles. The molecule has 2 aromatic rings. The van der Waals surface area contributed by atoms with Crippen LogP contribution in [0.4, 0.5) is 5.95 Å². The zero-order chi connectivity index (χ0) is 15.9. The number of nitrogens with zero attached hydrogens (tertiary/aromatic N) is 3. The maximum atomic E-state index is 12.3. The Morgan fingerprint density at radius 2 is 1.82 bits per heavy atom. The molecule has 1 aromatic heterocycles. The average Bonchev–Trinajstić information content (AvgIpc) is 2.55. The molecule has 0 aliphatic carbocycles. The van der Waals surface area contributed by atoms with E-state index in [2.05, 4.69) is 46.5 Å². The Morgan fingerprint density at radius 1 is 1.14 bits per heavy atom. The molecule has 0 spiro atoms. The lowest BCUT2D eigenvalue weighted by molar-refractivity contribution is 0.0767. The van der Waals surface area contributed by atoms with E-state index in [1.807, 2.05) is 13.8 Å². The van der Waals surface area contributed by atoms with Gasteiger partial charge in [-0.2, -0.15) is 0 Å². The van der Waals surface area contributed by atoms with Gasteiger partial charge in [0.1, 0.15) is 5.69 Å². The van der Waals surface area contributed by atoms with Gasteiger partial charge in [-0.1, -0.05) is 29.8 Å². The van der Waals surface area contributed by atoms with Crippen molar-refractivity contribution in [1.29, 1.82) is 0 Å². The Balaban J connectivity index is 2.05. The van der Waals surface area contributed by atoms with E-state index in [0.29, 0.717) is 31.3 Å². The SMILES string of the molecule is CCN(CC)C(=O)c1ccnc(NCc2ccc(C)cc2)n1. The van der Waals surface area contributed by atoms with Crippen molar-refractivity contribution in [1.82, 2.24) is 14.9 Å². The number of amides is 1. The molecule has 1 N–H and O–H groups in total. The molecule has 0 bridgehead atoms. The number of anilines is 1. The van der Waals surface area contributed by atoms with Gasteiger partial charge in [0.15, 0.2) is 0 Å². The van der Waals surface area contributed by atoms with Crippen LogP contribution in [-0.2, 0) is 6.54 Å². The number of carbonyl (C=O) groups is 1. The molecule has 5 nitrogen and oxygen atoms in total. The smallest absolute Gasteiger partial charge is 0.272 e. The molecule has 0 aliphatic heterocycles. The first-order valence-corrected chi connectivity index (χ1v) is 7.55. The topological polar surface area (TPSA) is 58.1 Å². The molecule has 22 heavy (non-hydrogen) atoms. The van der Waals surface area contributed by atoms with Crippen LogP contribution in [0.1, 0.15) is 35.5 Å². The summed E-state index contributed by atoms with van der Waals surface area (Å²) in [7, 11) is 0. The third-order valence-electron chi connectivity index (χ3n) is 3.50. The van der Waals surface area contributed by atoms with E-state index in [9.17, 15) is 4.79 Å². The third kappa shape index (κ3) is 4.04. The Kier molecular flexibility index (Phi) is 5.47. The molecule has 0 unspecified atom stereocenters. The predicted octanol–water partition coefficient (Wildman–Crippen LogP) is 2.88. The van der Waals surface area contributed by atoms with Crippen molar-refractivity contribution in [2.75, 3.05) is 18.4 Å². The van der Waals surface area contributed by atoms with E-state index in [4.69, 9.17) is 0 Å². The standard InChI is InChI=1S/C17H22N4O/c1-4-21(5-2)16(22)15-10-11-18-17(20-15)19-12-14-8-6-13(3)7-9-14/h6-11H,4-5,12H2,1-3H3,(H,18,19,20). The predicted molar refractivity (Wildman–Crippen MR) is 87.8 cm³/mol. The van der Waals surface area contributed by atoms with Crippen molar-refractivity contribution >= 4 is 11.9 Å². The van der Waals surface area contributed by atoms with Crippen LogP contribution >= 0.6 is 0 Å². The fourth-order valence-corrected chi connectivity index (χ4v) is 2.12. The van der Waals surface area contributed by atoms with Gasteiger partial charge in [0, 0.05) is 25.8 Å². The van der Waals surface area contributed by atoms with Gasteiger partial charge in [0.25, 0.3) is 5.91 Å². The van der Waals surface area contributed by atoms with Crippen LogP contribution in [0.3, 0.4) is 0 Å². The summed E-state index contributed by atoms with van der Waals surface area (Å²) >= 11 is 0. The van der Waals surface area contributed by atoms with Crippen LogP contribution in [0.2, 0.25) is 0 Å². The van der Waals surface area contributed by atoms with Gasteiger partial charge >= 0.3 is 0 Å². The van der Waals surface area contributed by atoms with Crippen molar-refractivity contribution in [3.05, 3.63) is 53.3 Å². The van der Waals surface area contributed by atoms with Gasteiger partial charge in [-0.15, -0.1) is 0 Å². The summed E-state index contributed by atoms with van der Waals surface area (Å²) in [4.78, 5) is 22.5. The molecule has 5 heteroatoms. The van der Waals surface area contributed by atoms with Crippen molar-refractivity contribution in [3.63, 3.8) is 0 Å². The van der Waals surface area contributed by atoms with Crippen molar-refractivity contribution in [2.24, 2.45) is 0 Å². The van der Waals surface area contributed by atoms with E-state index in [0.717, 1.165) is 5.56 Å². The van der Waals surface area contributed by atoms with E-state index in [-0.39, 0.29) is 5.91 Å². The van der Waals surface area contributed by atoms with Gasteiger partial charge in [0.05, 0.1) is 0 Å². The minimum Gasteiger partial charge on any atom is -0.350 e. The highest BCUT2D eigenvalue weighted by Crippen LogP contribution is 2.08. The van der Waals surface area contributed by atoms with Gasteiger partial charge in [-0.25, -0.2) is 9.97 Å². The fraction of sp³-hybridized carbons (Fsp3) is 0.353. The van der Waals surface area contributed by atoms with Gasteiger partial charge in [-0.05, 0) is 32.4 Å². The summed E-state index contributed by atoms with van der Waals surface area (Å²) in [5.74, 6) is 0.407. The molecule has 0 aliphatic rings. The molecular formula is C17H22N4O. The molecule has 0 radical (unpaired) electrons. The van der Waals surface area contributed by atoms with Crippen molar-refractivity contribution in [2.45, 2.75) is 27.3 Å². The van der Waals surface area contributed by atoms with E-state index < -0.39 is 0 Å². The number of hydrogen-bond donors (Lipinski definition) is 1. The third-order valence-corrected chi connectivity index (χ3v) is 3.50. The van der Waals surface area contributed by atoms with Crippen LogP contribution in [0.25, 0.3) is 0 Å². The van der Waals surface area contributed by atoms with Crippen molar-refractivity contribution in [3.8, 4) is 0 Å². The largest absolute Gasteiger partial charge is 0.350 e. The minimum atomic E-state index is -0.0641. The van der Waals surface area contributed by atoms with Crippen LogP contribution in [0, 0.1) is 6.92 Å². The van der Waals surface area contributed by atoms with Gasteiger partial charge in [-0.3, -0.25) is 4.79 Å². The molecule has 1 aromatic carbocycles. The van der Waals surface area contributed by atoms with Crippen LogP contribution in [0.5, 0.6) is 0 Å². The maximum Gasteiger partial charge on any atom is 0.272 e. The van der Waals surface area contributed by atoms with Gasteiger partial charge in [0.2, 0.25) is 5.95 Å². The molecular weight excluding hydrogens is 276 g/mol. The highest BCUT2D eigenvalue weighted by molar-refractivity contribution is 5.92. The van der Waals surface area contributed by atoms with E-state index >= 15 is 0 Å². The average molecular weight is 298 g/mol. The Hall–Kier alpha value is -2.43. The van der Waals surface area contributed by atoms with Crippen LogP contribution in [-0.4, -0.2) is 33.9 Å². The Labute approximate surface area is 131 Å². The highest BCUT2D eigenvalue weighted by atomic mass is 16.2. The number of benzene rings is 1. The lowest BCUT2D eigenvalue weighted by atomic mass is 10.1. The number of rotatable bonds is 6. The van der Waals surface area contributed by atoms with Gasteiger partial charge < -0.3 is 10.2 Å². The summed E-state index contributed by atoms with van der Waals surface area (Å²) in [6, 6.07) is 9.91. The maximum absolute atomic E-state index is 12.3. The summed E-state index contributed by atoms with van der Waals surface area (Å²) in [6.07, 6.45) is 1.61. The van der Waals surface area contributed by atoms with Crippen molar-refractivity contribution < 1.29 is 4.79 Å². The van der Waals surface area contributed by atoms with E-state index in [1.165, 1.54) is 5.56 Å². The molecule has 116 valence electrons. The summed E-state index contributed by atoms with van der Waals surface area (Å²) in [6.45, 7) is 7.95. The quantitative estimate of drug-likeness (QED) is 0.891. The zero-order valence-corrected chi connectivity index (χ0v) is 13.3. The lowest BCUT2D eigenvalue weighted by Crippen LogP contribution is -2.31. The monoisotopic (exact) mass is 298 g/mol. The molecule has 2 rings (SSSR count). The molecule has 0 atom stereocenters. The first-order chi connectivity index (χ1) is 10.6. The lowest BCUT2D eigenvalue weighted by Gasteiger charge is -2.18. The number of nitrogens with one attached hydrogen (secondary N) is 1. The number of carbonyl (C=O) groups excluding carboxylic acids is 1. The highest BCUT2D eigenvalue weighted by Gasteiger charge is 2.14. The first kappa shape index (κ1) is 15.9. The summed E-state index contributed by atoms with van der Waals surface area (Å²) in [5, 5.41) is 3.16. The minimum absolute atomic E-state index is 0.0641. The summed E-state index contributed by atoms with van der Waals surface area (Å²) in [5.41, 5.74) is 2.80. The van der Waals surface area contributed by atoms with Crippen LogP contribution in [0.15, 0.2) is 36.5 Å². The molecule has 0 fully saturated rings. The normalized spacial score (nSPS) is 10.3. The van der Waals surface area contributed by atoms with Crippen LogP contribution < -0.4 is 5.32 Å². The second kappa shape index (κ2) is 7.54. The first-order valence-electron chi connectivity index (χ1n) is 7.55. The zero-order valence-electron chi connectivity index (χ0n) is 13.3. The summed E-state index contributed by atoms with van der Waals surface area (Å²) < 4.78 is 0.